The molecule has 0 saturated carbocycles. The first-order valence-corrected chi connectivity index (χ1v) is 13.3. The lowest BCUT2D eigenvalue weighted by molar-refractivity contribution is -0.147. The predicted octanol–water partition coefficient (Wildman–Crippen LogP) is 5.95. The minimum atomic E-state index is -0.685. The van der Waals surface area contributed by atoms with E-state index in [9.17, 15) is 9.59 Å². The molecular formula is C34H32O8. The molecule has 0 aliphatic heterocycles. The molecule has 0 saturated heterocycles. The summed E-state index contributed by atoms with van der Waals surface area (Å²) < 4.78 is 34.7. The highest BCUT2D eigenvalue weighted by molar-refractivity contribution is 5.93. The molecule has 42 heavy (non-hydrogen) atoms. The van der Waals surface area contributed by atoms with Gasteiger partial charge in [0.2, 0.25) is 0 Å². The van der Waals surface area contributed by atoms with E-state index in [4.69, 9.17) is 28.4 Å². The van der Waals surface area contributed by atoms with Gasteiger partial charge in [0.05, 0.1) is 0 Å². The van der Waals surface area contributed by atoms with Crippen LogP contribution in [-0.2, 0) is 19.1 Å². The summed E-state index contributed by atoms with van der Waals surface area (Å²) in [6.07, 6.45) is 0.828. The molecule has 0 bridgehead atoms. The molecule has 8 heteroatoms. The van der Waals surface area contributed by atoms with Crippen LogP contribution in [0.1, 0.15) is 0 Å². The number of hydrogen-bond donors (Lipinski definition) is 0. The van der Waals surface area contributed by atoms with Crippen LogP contribution in [-0.4, -0.2) is 50.6 Å². The second-order valence-electron chi connectivity index (χ2n) is 9.00. The lowest BCUT2D eigenvalue weighted by Gasteiger charge is -2.21. The summed E-state index contributed by atoms with van der Waals surface area (Å²) in [7, 11) is 0. The topological polar surface area (TPSA) is 89.5 Å². The number of para-hydroxylation sites is 2. The second kappa shape index (κ2) is 15.5. The van der Waals surface area contributed by atoms with Gasteiger partial charge in [0.15, 0.2) is 12.2 Å². The third-order valence-corrected chi connectivity index (χ3v) is 5.95. The summed E-state index contributed by atoms with van der Waals surface area (Å²) in [4.78, 5) is 23.9. The van der Waals surface area contributed by atoms with E-state index in [1.807, 2.05) is 84.9 Å². The molecular weight excluding hydrogens is 536 g/mol. The first-order valence-electron chi connectivity index (χ1n) is 13.3. The summed E-state index contributed by atoms with van der Waals surface area (Å²) in [6, 6.07) is 29.6. The molecule has 0 N–H and O–H groups in total. The number of rotatable bonds is 16. The van der Waals surface area contributed by atoms with Crippen LogP contribution >= 0.6 is 0 Å². The van der Waals surface area contributed by atoms with Gasteiger partial charge in [-0.2, -0.15) is 0 Å². The highest BCUT2D eigenvalue weighted by Crippen LogP contribution is 2.33. The Hall–Kier alpha value is -5.24. The van der Waals surface area contributed by atoms with Crippen molar-refractivity contribution in [3.63, 3.8) is 0 Å². The van der Waals surface area contributed by atoms with Gasteiger partial charge in [-0.1, -0.05) is 73.8 Å². The predicted molar refractivity (Wildman–Crippen MR) is 159 cm³/mol. The van der Waals surface area contributed by atoms with Crippen LogP contribution in [0, 0.1) is 0 Å². The average molecular weight is 569 g/mol. The lowest BCUT2D eigenvalue weighted by atomic mass is 10.1. The Balaban J connectivity index is 1.44. The SMILES string of the molecule is C=CC(=O)OC(COc1ccccc1)COc1ccc(OCC(COc2ccccc2)OC(=O)C=C)c2ccccc12. The lowest BCUT2D eigenvalue weighted by Crippen LogP contribution is -2.31. The van der Waals surface area contributed by atoms with E-state index in [1.54, 1.807) is 12.1 Å². The van der Waals surface area contributed by atoms with Crippen molar-refractivity contribution >= 4 is 22.7 Å². The van der Waals surface area contributed by atoms with Crippen molar-refractivity contribution in [2.75, 3.05) is 26.4 Å². The minimum absolute atomic E-state index is 0.0486. The molecule has 0 spiro atoms. The van der Waals surface area contributed by atoms with Crippen LogP contribution in [0.25, 0.3) is 10.8 Å². The van der Waals surface area contributed by atoms with E-state index in [-0.39, 0.29) is 26.4 Å². The third kappa shape index (κ3) is 8.89. The summed E-state index contributed by atoms with van der Waals surface area (Å²) >= 11 is 0. The van der Waals surface area contributed by atoms with Crippen molar-refractivity contribution in [2.24, 2.45) is 0 Å². The Kier molecular flexibility index (Phi) is 11.0. The minimum Gasteiger partial charge on any atom is -0.490 e. The molecule has 0 aliphatic rings. The molecule has 4 aromatic rings. The standard InChI is InChI=1S/C34H32O8/c1-3-33(35)41-27(21-37-25-13-7-5-8-14-25)23-39-31-19-20-32(30-18-12-11-17-29(30)31)40-24-28(42-34(36)4-2)22-38-26-15-9-6-10-16-26/h3-20,27-28H,1-2,21-24H2. The molecule has 0 radical (unpaired) electrons. The van der Waals surface area contributed by atoms with Crippen molar-refractivity contribution in [3.05, 3.63) is 122 Å². The number of ether oxygens (including phenoxy) is 6. The molecule has 2 atom stereocenters. The molecule has 0 fully saturated rings. The van der Waals surface area contributed by atoms with Crippen molar-refractivity contribution < 1.29 is 38.0 Å². The van der Waals surface area contributed by atoms with Crippen LogP contribution in [0.15, 0.2) is 122 Å². The van der Waals surface area contributed by atoms with Gasteiger partial charge in [-0.25, -0.2) is 9.59 Å². The van der Waals surface area contributed by atoms with Gasteiger partial charge >= 0.3 is 11.9 Å². The Bertz CT molecular complexity index is 1360. The van der Waals surface area contributed by atoms with Crippen LogP contribution in [0.5, 0.6) is 23.0 Å². The number of hydrogen-bond acceptors (Lipinski definition) is 8. The van der Waals surface area contributed by atoms with Gasteiger partial charge in [0.1, 0.15) is 49.4 Å². The smallest absolute Gasteiger partial charge is 0.330 e. The molecule has 216 valence electrons. The Morgan fingerprint density at radius 2 is 0.881 bits per heavy atom. The zero-order valence-corrected chi connectivity index (χ0v) is 23.1. The summed E-state index contributed by atoms with van der Waals surface area (Å²) in [5.74, 6) is 1.29. The molecule has 8 nitrogen and oxygen atoms in total. The number of benzene rings is 4. The van der Waals surface area contributed by atoms with Gasteiger partial charge < -0.3 is 28.4 Å². The summed E-state index contributed by atoms with van der Waals surface area (Å²) in [5, 5.41) is 1.57. The first kappa shape index (κ1) is 29.7. The zero-order chi connectivity index (χ0) is 29.6. The molecule has 0 heterocycles. The maximum absolute atomic E-state index is 11.9. The fourth-order valence-electron chi connectivity index (χ4n) is 3.93. The third-order valence-electron chi connectivity index (χ3n) is 5.95. The van der Waals surface area contributed by atoms with Crippen LogP contribution in [0.4, 0.5) is 0 Å². The second-order valence-corrected chi connectivity index (χ2v) is 9.00. The van der Waals surface area contributed by atoms with Crippen molar-refractivity contribution in [2.45, 2.75) is 12.2 Å². The number of esters is 2. The molecule has 4 aromatic carbocycles. The molecule has 0 aromatic heterocycles. The normalized spacial score (nSPS) is 11.9. The zero-order valence-electron chi connectivity index (χ0n) is 23.1. The van der Waals surface area contributed by atoms with Crippen molar-refractivity contribution in [1.29, 1.82) is 0 Å². The van der Waals surface area contributed by atoms with Crippen LogP contribution in [0.3, 0.4) is 0 Å². The van der Waals surface area contributed by atoms with E-state index in [2.05, 4.69) is 13.2 Å². The highest BCUT2D eigenvalue weighted by Gasteiger charge is 2.19. The van der Waals surface area contributed by atoms with Gasteiger partial charge in [-0.05, 0) is 36.4 Å². The maximum Gasteiger partial charge on any atom is 0.330 e. The highest BCUT2D eigenvalue weighted by atomic mass is 16.6. The molecule has 2 unspecified atom stereocenters. The van der Waals surface area contributed by atoms with Gasteiger partial charge in [-0.3, -0.25) is 0 Å². The van der Waals surface area contributed by atoms with Crippen LogP contribution in [0.2, 0.25) is 0 Å². The van der Waals surface area contributed by atoms with E-state index in [0.717, 1.165) is 22.9 Å². The Morgan fingerprint density at radius 3 is 1.26 bits per heavy atom. The number of carbonyl (C=O) groups is 2. The Labute approximate surface area is 244 Å². The summed E-state index contributed by atoms with van der Waals surface area (Å²) in [5.41, 5.74) is 0. The molecule has 4 rings (SSSR count). The first-order chi connectivity index (χ1) is 20.6. The number of carbonyl (C=O) groups excluding carboxylic acids is 2. The quantitative estimate of drug-likeness (QED) is 0.121. The van der Waals surface area contributed by atoms with Crippen LogP contribution < -0.4 is 18.9 Å². The van der Waals surface area contributed by atoms with Gasteiger partial charge in [0, 0.05) is 22.9 Å². The summed E-state index contributed by atoms with van der Waals surface area (Å²) in [6.45, 7) is 7.22. The fraction of sp³-hybridized carbons (Fsp3) is 0.176. The average Bonchev–Trinajstić information content (AvgIpc) is 3.04. The van der Waals surface area contributed by atoms with E-state index >= 15 is 0 Å². The van der Waals surface area contributed by atoms with E-state index < -0.39 is 24.1 Å². The molecule has 0 aliphatic carbocycles. The largest absolute Gasteiger partial charge is 0.490 e. The fourth-order valence-corrected chi connectivity index (χ4v) is 3.93. The van der Waals surface area contributed by atoms with Crippen molar-refractivity contribution in [1.82, 2.24) is 0 Å². The monoisotopic (exact) mass is 568 g/mol. The number of fused-ring (bicyclic) bond motifs is 1. The van der Waals surface area contributed by atoms with Gasteiger partial charge in [0.25, 0.3) is 0 Å². The Morgan fingerprint density at radius 1 is 0.524 bits per heavy atom. The van der Waals surface area contributed by atoms with Gasteiger partial charge in [-0.15, -0.1) is 0 Å². The van der Waals surface area contributed by atoms with E-state index in [1.165, 1.54) is 0 Å². The van der Waals surface area contributed by atoms with E-state index in [0.29, 0.717) is 23.0 Å². The van der Waals surface area contributed by atoms with Crippen molar-refractivity contribution in [3.8, 4) is 23.0 Å². The maximum atomic E-state index is 11.9. The molecule has 0 amide bonds.